The Morgan fingerprint density at radius 2 is 1.67 bits per heavy atom. The number of thiophene rings is 1. The summed E-state index contributed by atoms with van der Waals surface area (Å²) in [6.45, 7) is 5.75. The van der Waals surface area contributed by atoms with Crippen LogP contribution in [-0.4, -0.2) is 7.05 Å². The van der Waals surface area contributed by atoms with Crippen LogP contribution >= 0.6 is 11.3 Å². The van der Waals surface area contributed by atoms with E-state index < -0.39 is 0 Å². The van der Waals surface area contributed by atoms with Crippen LogP contribution in [0.2, 0.25) is 0 Å². The molecule has 18 heavy (non-hydrogen) atoms. The molecule has 0 bridgehead atoms. The lowest BCUT2D eigenvalue weighted by Crippen LogP contribution is -2.18. The Bertz CT molecular complexity index is 536. The molecule has 3 heteroatoms. The molecule has 0 saturated heterocycles. The van der Waals surface area contributed by atoms with E-state index >= 15 is 0 Å². The van der Waals surface area contributed by atoms with Crippen LogP contribution in [-0.2, 0) is 0 Å². The van der Waals surface area contributed by atoms with E-state index in [0.717, 1.165) is 5.56 Å². The summed E-state index contributed by atoms with van der Waals surface area (Å²) < 4.78 is 13.7. The van der Waals surface area contributed by atoms with E-state index in [-0.39, 0.29) is 11.9 Å². The van der Waals surface area contributed by atoms with Gasteiger partial charge in [-0.3, -0.25) is 0 Å². The maximum absolute atomic E-state index is 13.7. The van der Waals surface area contributed by atoms with Gasteiger partial charge >= 0.3 is 0 Å². The fourth-order valence-corrected chi connectivity index (χ4v) is 3.19. The fourth-order valence-electron chi connectivity index (χ4n) is 2.31. The smallest absolute Gasteiger partial charge is 0.129 e. The largest absolute Gasteiger partial charge is 0.309 e. The van der Waals surface area contributed by atoms with Crippen molar-refractivity contribution >= 4 is 11.3 Å². The maximum atomic E-state index is 13.7. The summed E-state index contributed by atoms with van der Waals surface area (Å²) in [5.41, 5.74) is 5.08. The quantitative estimate of drug-likeness (QED) is 0.878. The second kappa shape index (κ2) is 5.21. The van der Waals surface area contributed by atoms with Crippen LogP contribution in [0.15, 0.2) is 22.9 Å². The molecular formula is C15H18FNS. The van der Waals surface area contributed by atoms with Crippen molar-refractivity contribution in [2.75, 3.05) is 7.05 Å². The van der Waals surface area contributed by atoms with Gasteiger partial charge in [0.15, 0.2) is 0 Å². The first-order chi connectivity index (χ1) is 8.54. The zero-order chi connectivity index (χ0) is 13.3. The van der Waals surface area contributed by atoms with Gasteiger partial charge in [-0.15, -0.1) is 0 Å². The van der Waals surface area contributed by atoms with Gasteiger partial charge in [0.2, 0.25) is 0 Å². The maximum Gasteiger partial charge on any atom is 0.129 e. The van der Waals surface area contributed by atoms with Gasteiger partial charge in [0.1, 0.15) is 5.82 Å². The van der Waals surface area contributed by atoms with Gasteiger partial charge < -0.3 is 5.32 Å². The standard InChI is InChI=1S/C15H18FNS/c1-9-5-12(6-10(2)14(9)16)15(17-4)13-8-18-7-11(13)3/h5-8,15,17H,1-4H3. The monoisotopic (exact) mass is 263 g/mol. The molecular weight excluding hydrogens is 245 g/mol. The molecule has 0 saturated carbocycles. The third-order valence-electron chi connectivity index (χ3n) is 3.29. The Hall–Kier alpha value is -1.19. The minimum Gasteiger partial charge on any atom is -0.309 e. The van der Waals surface area contributed by atoms with Gasteiger partial charge in [-0.2, -0.15) is 11.3 Å². The van der Waals surface area contributed by atoms with Crippen molar-refractivity contribution in [2.24, 2.45) is 0 Å². The van der Waals surface area contributed by atoms with Crippen molar-refractivity contribution in [3.8, 4) is 0 Å². The molecule has 2 rings (SSSR count). The highest BCUT2D eigenvalue weighted by Crippen LogP contribution is 2.29. The Kier molecular flexibility index (Phi) is 3.83. The minimum absolute atomic E-state index is 0.101. The Balaban J connectivity index is 2.49. The number of aryl methyl sites for hydroxylation is 3. The van der Waals surface area contributed by atoms with Crippen LogP contribution in [0.1, 0.15) is 33.9 Å². The molecule has 1 atom stereocenters. The van der Waals surface area contributed by atoms with Crippen molar-refractivity contribution in [3.05, 3.63) is 56.5 Å². The molecule has 1 heterocycles. The SMILES string of the molecule is CNC(c1cc(C)c(F)c(C)c1)c1cscc1C. The molecule has 1 N–H and O–H groups in total. The molecule has 0 fully saturated rings. The second-order valence-corrected chi connectivity index (χ2v) is 5.44. The molecule has 1 unspecified atom stereocenters. The van der Waals surface area contributed by atoms with Gasteiger partial charge in [0, 0.05) is 0 Å². The first-order valence-electron chi connectivity index (χ1n) is 6.01. The van der Waals surface area contributed by atoms with Gasteiger partial charge in [-0.05, 0) is 66.4 Å². The predicted molar refractivity (Wildman–Crippen MR) is 75.8 cm³/mol. The molecule has 1 aromatic heterocycles. The predicted octanol–water partition coefficient (Wildman–Crippen LogP) is 4.12. The molecule has 2 aromatic rings. The average molecular weight is 263 g/mol. The average Bonchev–Trinajstić information content (AvgIpc) is 2.74. The Morgan fingerprint density at radius 3 is 2.11 bits per heavy atom. The summed E-state index contributed by atoms with van der Waals surface area (Å²) in [7, 11) is 1.94. The molecule has 1 nitrogen and oxygen atoms in total. The molecule has 0 aliphatic rings. The summed E-state index contributed by atoms with van der Waals surface area (Å²) in [5.74, 6) is -0.101. The molecule has 0 amide bonds. The van der Waals surface area contributed by atoms with Crippen molar-refractivity contribution in [2.45, 2.75) is 26.8 Å². The molecule has 96 valence electrons. The van der Waals surface area contributed by atoms with E-state index in [4.69, 9.17) is 0 Å². The minimum atomic E-state index is -0.101. The molecule has 0 aliphatic carbocycles. The van der Waals surface area contributed by atoms with Crippen LogP contribution in [0.3, 0.4) is 0 Å². The normalized spacial score (nSPS) is 12.7. The van der Waals surface area contributed by atoms with Crippen LogP contribution in [0.4, 0.5) is 4.39 Å². The van der Waals surface area contributed by atoms with Crippen LogP contribution < -0.4 is 5.32 Å². The highest BCUT2D eigenvalue weighted by atomic mass is 32.1. The zero-order valence-corrected chi connectivity index (χ0v) is 12.0. The summed E-state index contributed by atoms with van der Waals surface area (Å²) in [6, 6.07) is 4.00. The van der Waals surface area contributed by atoms with Crippen LogP contribution in [0, 0.1) is 26.6 Å². The van der Waals surface area contributed by atoms with Gasteiger partial charge in [-0.25, -0.2) is 4.39 Å². The summed E-state index contributed by atoms with van der Waals surface area (Å²) in [4.78, 5) is 0. The van der Waals surface area contributed by atoms with Crippen molar-refractivity contribution < 1.29 is 4.39 Å². The van der Waals surface area contributed by atoms with Gasteiger partial charge in [-0.1, -0.05) is 12.1 Å². The van der Waals surface area contributed by atoms with Crippen LogP contribution in [0.5, 0.6) is 0 Å². The summed E-state index contributed by atoms with van der Waals surface area (Å²) in [5, 5.41) is 7.62. The molecule has 0 radical (unpaired) electrons. The Labute approximate surface area is 112 Å². The lowest BCUT2D eigenvalue weighted by Gasteiger charge is -2.18. The highest BCUT2D eigenvalue weighted by molar-refractivity contribution is 7.08. The second-order valence-electron chi connectivity index (χ2n) is 4.70. The number of rotatable bonds is 3. The molecule has 1 aromatic carbocycles. The van der Waals surface area contributed by atoms with Gasteiger partial charge in [0.25, 0.3) is 0 Å². The number of benzene rings is 1. The van der Waals surface area contributed by atoms with E-state index in [2.05, 4.69) is 23.0 Å². The third-order valence-corrected chi connectivity index (χ3v) is 4.17. The molecule has 0 spiro atoms. The third kappa shape index (κ3) is 2.33. The van der Waals surface area contributed by atoms with Crippen molar-refractivity contribution in [3.63, 3.8) is 0 Å². The Morgan fingerprint density at radius 1 is 1.06 bits per heavy atom. The number of nitrogens with one attached hydrogen (secondary N) is 1. The molecule has 0 aliphatic heterocycles. The van der Waals surface area contributed by atoms with Gasteiger partial charge in [0.05, 0.1) is 6.04 Å². The lowest BCUT2D eigenvalue weighted by molar-refractivity contribution is 0.604. The van der Waals surface area contributed by atoms with E-state index in [1.54, 1.807) is 11.3 Å². The van der Waals surface area contributed by atoms with E-state index in [1.165, 1.54) is 11.1 Å². The summed E-state index contributed by atoms with van der Waals surface area (Å²) >= 11 is 1.70. The van der Waals surface area contributed by atoms with Crippen LogP contribution in [0.25, 0.3) is 0 Å². The topological polar surface area (TPSA) is 12.0 Å². The lowest BCUT2D eigenvalue weighted by atomic mass is 9.95. The number of hydrogen-bond acceptors (Lipinski definition) is 2. The van der Waals surface area contributed by atoms with E-state index in [1.807, 2.05) is 33.0 Å². The fraction of sp³-hybridized carbons (Fsp3) is 0.333. The van der Waals surface area contributed by atoms with Crippen molar-refractivity contribution in [1.29, 1.82) is 0 Å². The summed E-state index contributed by atoms with van der Waals surface area (Å²) in [6.07, 6.45) is 0. The number of hydrogen-bond donors (Lipinski definition) is 1. The van der Waals surface area contributed by atoms with Crippen molar-refractivity contribution in [1.82, 2.24) is 5.32 Å². The first-order valence-corrected chi connectivity index (χ1v) is 6.95. The van der Waals surface area contributed by atoms with E-state index in [0.29, 0.717) is 11.1 Å². The zero-order valence-electron chi connectivity index (χ0n) is 11.2. The highest BCUT2D eigenvalue weighted by Gasteiger charge is 2.17. The first kappa shape index (κ1) is 13.2. The van der Waals surface area contributed by atoms with E-state index in [9.17, 15) is 4.39 Å². The number of halogens is 1.